The molecule has 34 heavy (non-hydrogen) atoms. The summed E-state index contributed by atoms with van der Waals surface area (Å²) >= 11 is 5.94. The molecular formula is C21H22ClF5N4O2S. The number of benzene rings is 1. The summed E-state index contributed by atoms with van der Waals surface area (Å²) in [5.74, 6) is -4.23. The minimum absolute atomic E-state index is 0.00479. The number of hydrogen-bond acceptors (Lipinski definition) is 5. The lowest BCUT2D eigenvalue weighted by molar-refractivity contribution is -0.141. The summed E-state index contributed by atoms with van der Waals surface area (Å²) in [5.41, 5.74) is -1.75. The van der Waals surface area contributed by atoms with Gasteiger partial charge in [-0.2, -0.15) is 13.2 Å². The standard InChI is InChI=1S/C21H22ClF5N4O2S/c1-12-15(19(32)29-13-5-3-6-14(11-13)34(2,28)33)18(30-17(16(12)22)21(25,26)27)31-9-4-7-20(23,24)8-10-31/h3,5-6,11,28H,4,7-10H2,1-2H3,(H,29,32)/t34-/m1/s1. The minimum Gasteiger partial charge on any atom is -0.356 e. The molecular weight excluding hydrogens is 503 g/mol. The number of amides is 1. The third-order valence-electron chi connectivity index (χ3n) is 5.41. The molecule has 1 aromatic heterocycles. The zero-order chi connectivity index (χ0) is 25.5. The van der Waals surface area contributed by atoms with E-state index in [-0.39, 0.29) is 47.0 Å². The van der Waals surface area contributed by atoms with Crippen LogP contribution in [0.5, 0.6) is 0 Å². The van der Waals surface area contributed by atoms with E-state index in [1.54, 1.807) is 0 Å². The number of carbonyl (C=O) groups is 1. The normalized spacial score (nSPS) is 18.2. The molecule has 2 aromatic rings. The van der Waals surface area contributed by atoms with Gasteiger partial charge < -0.3 is 10.2 Å². The van der Waals surface area contributed by atoms with Crippen LogP contribution in [0, 0.1) is 11.7 Å². The van der Waals surface area contributed by atoms with Crippen molar-refractivity contribution in [2.24, 2.45) is 0 Å². The van der Waals surface area contributed by atoms with Gasteiger partial charge in [-0.15, -0.1) is 0 Å². The highest BCUT2D eigenvalue weighted by Crippen LogP contribution is 2.40. The smallest absolute Gasteiger partial charge is 0.356 e. The van der Waals surface area contributed by atoms with Crippen molar-refractivity contribution in [1.29, 1.82) is 4.78 Å². The van der Waals surface area contributed by atoms with Crippen LogP contribution in [0.4, 0.5) is 33.5 Å². The third kappa shape index (κ3) is 5.77. The highest BCUT2D eigenvalue weighted by atomic mass is 35.5. The maximum atomic E-state index is 13.9. The Morgan fingerprint density at radius 1 is 1.26 bits per heavy atom. The highest BCUT2D eigenvalue weighted by Gasteiger charge is 2.40. The maximum absolute atomic E-state index is 13.9. The van der Waals surface area contributed by atoms with Crippen LogP contribution in [0.15, 0.2) is 29.2 Å². The summed E-state index contributed by atoms with van der Waals surface area (Å²) in [6.45, 7) is 0.904. The molecule has 2 heterocycles. The highest BCUT2D eigenvalue weighted by molar-refractivity contribution is 7.91. The molecule has 1 saturated heterocycles. The van der Waals surface area contributed by atoms with Crippen molar-refractivity contribution in [2.75, 3.05) is 29.6 Å². The number of nitrogens with one attached hydrogen (secondary N) is 2. The Morgan fingerprint density at radius 2 is 1.94 bits per heavy atom. The second kappa shape index (κ2) is 9.29. The van der Waals surface area contributed by atoms with Crippen LogP contribution in [-0.4, -0.2) is 40.4 Å². The molecule has 0 radical (unpaired) electrons. The van der Waals surface area contributed by atoms with Gasteiger partial charge in [0.05, 0.1) is 20.3 Å². The Hall–Kier alpha value is -2.47. The van der Waals surface area contributed by atoms with Crippen molar-refractivity contribution in [2.45, 2.75) is 43.2 Å². The number of halogens is 6. The van der Waals surface area contributed by atoms with Gasteiger partial charge in [0.25, 0.3) is 5.91 Å². The summed E-state index contributed by atoms with van der Waals surface area (Å²) in [6, 6.07) is 5.67. The van der Waals surface area contributed by atoms with E-state index >= 15 is 0 Å². The molecule has 0 aliphatic carbocycles. The predicted octanol–water partition coefficient (Wildman–Crippen LogP) is 5.98. The average Bonchev–Trinajstić information content (AvgIpc) is 2.88. The largest absolute Gasteiger partial charge is 0.434 e. The van der Waals surface area contributed by atoms with Gasteiger partial charge in [0.1, 0.15) is 5.82 Å². The van der Waals surface area contributed by atoms with E-state index < -0.39 is 51.3 Å². The Morgan fingerprint density at radius 3 is 2.56 bits per heavy atom. The van der Waals surface area contributed by atoms with Gasteiger partial charge in [-0.25, -0.2) is 22.8 Å². The van der Waals surface area contributed by atoms with Crippen LogP contribution in [-0.2, 0) is 15.9 Å². The number of hydrogen-bond donors (Lipinski definition) is 2. The molecule has 1 atom stereocenters. The number of pyridine rings is 1. The lowest BCUT2D eigenvalue weighted by Gasteiger charge is -2.27. The maximum Gasteiger partial charge on any atom is 0.434 e. The number of rotatable bonds is 4. The Bertz CT molecular complexity index is 1220. The van der Waals surface area contributed by atoms with E-state index in [0.717, 1.165) is 0 Å². The van der Waals surface area contributed by atoms with Crippen molar-refractivity contribution in [1.82, 2.24) is 4.98 Å². The Labute approximate surface area is 198 Å². The van der Waals surface area contributed by atoms with E-state index in [1.165, 1.54) is 42.3 Å². The Kier molecular flexibility index (Phi) is 7.14. The van der Waals surface area contributed by atoms with Crippen LogP contribution in [0.1, 0.15) is 40.9 Å². The molecule has 0 unspecified atom stereocenters. The summed E-state index contributed by atoms with van der Waals surface area (Å²) in [5, 5.41) is 1.74. The lowest BCUT2D eigenvalue weighted by atomic mass is 10.1. The molecule has 1 aliphatic rings. The molecule has 0 saturated carbocycles. The molecule has 0 bridgehead atoms. The molecule has 1 aromatic carbocycles. The van der Waals surface area contributed by atoms with Crippen LogP contribution < -0.4 is 10.2 Å². The molecule has 2 N–H and O–H groups in total. The van der Waals surface area contributed by atoms with E-state index in [9.17, 15) is 31.0 Å². The van der Waals surface area contributed by atoms with Crippen molar-refractivity contribution >= 4 is 38.7 Å². The van der Waals surface area contributed by atoms with Gasteiger partial charge in [0, 0.05) is 42.8 Å². The predicted molar refractivity (Wildman–Crippen MR) is 119 cm³/mol. The topological polar surface area (TPSA) is 86.2 Å². The van der Waals surface area contributed by atoms with Gasteiger partial charge in [0.15, 0.2) is 5.69 Å². The lowest BCUT2D eigenvalue weighted by Crippen LogP contribution is -2.31. The summed E-state index contributed by atoms with van der Waals surface area (Å²) in [7, 11) is -3.09. The van der Waals surface area contributed by atoms with Gasteiger partial charge in [-0.3, -0.25) is 4.79 Å². The number of aromatic nitrogens is 1. The van der Waals surface area contributed by atoms with E-state index in [2.05, 4.69) is 10.3 Å². The van der Waals surface area contributed by atoms with Gasteiger partial charge in [-0.1, -0.05) is 17.7 Å². The SMILES string of the molecule is Cc1c(Cl)c(C(F)(F)F)nc(N2CCCC(F)(F)CC2)c1C(=O)Nc1cccc([S@](C)(=N)=O)c1. The fourth-order valence-corrected chi connectivity index (χ4v) is 4.57. The summed E-state index contributed by atoms with van der Waals surface area (Å²) in [6.07, 6.45) is -4.76. The molecule has 186 valence electrons. The zero-order valence-electron chi connectivity index (χ0n) is 18.2. The second-order valence-electron chi connectivity index (χ2n) is 8.12. The molecule has 1 amide bonds. The number of carbonyl (C=O) groups excluding carboxylic acids is 1. The van der Waals surface area contributed by atoms with Crippen molar-refractivity contribution in [3.05, 3.63) is 46.1 Å². The fourth-order valence-electron chi connectivity index (χ4n) is 3.64. The van der Waals surface area contributed by atoms with Crippen LogP contribution in [0.2, 0.25) is 5.02 Å². The number of anilines is 2. The molecule has 0 spiro atoms. The van der Waals surface area contributed by atoms with Crippen molar-refractivity contribution in [3.8, 4) is 0 Å². The Balaban J connectivity index is 2.10. The van der Waals surface area contributed by atoms with E-state index in [4.69, 9.17) is 16.4 Å². The molecule has 6 nitrogen and oxygen atoms in total. The quantitative estimate of drug-likeness (QED) is 0.482. The van der Waals surface area contributed by atoms with Gasteiger partial charge in [-0.05, 0) is 37.1 Å². The first-order chi connectivity index (χ1) is 15.6. The van der Waals surface area contributed by atoms with Crippen LogP contribution >= 0.6 is 11.6 Å². The fraction of sp³-hybridized carbons (Fsp3) is 0.429. The monoisotopic (exact) mass is 524 g/mol. The molecule has 1 fully saturated rings. The van der Waals surface area contributed by atoms with Crippen LogP contribution in [0.25, 0.3) is 0 Å². The van der Waals surface area contributed by atoms with Gasteiger partial charge >= 0.3 is 6.18 Å². The van der Waals surface area contributed by atoms with E-state index in [1.807, 2.05) is 0 Å². The van der Waals surface area contributed by atoms with Gasteiger partial charge in [0.2, 0.25) is 5.92 Å². The van der Waals surface area contributed by atoms with Crippen LogP contribution in [0.3, 0.4) is 0 Å². The minimum atomic E-state index is -4.93. The molecule has 1 aliphatic heterocycles. The average molecular weight is 525 g/mol. The third-order valence-corrected chi connectivity index (χ3v) is 7.02. The van der Waals surface area contributed by atoms with Crippen molar-refractivity contribution in [3.63, 3.8) is 0 Å². The number of alkyl halides is 5. The van der Waals surface area contributed by atoms with Crippen molar-refractivity contribution < 1.29 is 31.0 Å². The first kappa shape index (κ1) is 26.1. The first-order valence-corrected chi connectivity index (χ1v) is 12.5. The second-order valence-corrected chi connectivity index (χ2v) is 10.7. The number of nitrogens with zero attached hydrogens (tertiary/aromatic N) is 2. The molecule has 13 heteroatoms. The van der Waals surface area contributed by atoms with E-state index in [0.29, 0.717) is 0 Å². The first-order valence-electron chi connectivity index (χ1n) is 10.2. The zero-order valence-corrected chi connectivity index (χ0v) is 19.8. The summed E-state index contributed by atoms with van der Waals surface area (Å²) in [4.78, 5) is 18.2. The summed E-state index contributed by atoms with van der Waals surface area (Å²) < 4.78 is 88.2. The molecule has 3 rings (SSSR count).